The Hall–Kier alpha value is -4.34. The van der Waals surface area contributed by atoms with Crippen molar-refractivity contribution in [3.05, 3.63) is 125 Å². The van der Waals surface area contributed by atoms with Gasteiger partial charge in [-0.15, -0.1) is 0 Å². The second kappa shape index (κ2) is 15.8. The molecule has 0 aliphatic carbocycles. The van der Waals surface area contributed by atoms with Crippen molar-refractivity contribution in [1.29, 1.82) is 0 Å². The molecule has 4 aromatic carbocycles. The van der Waals surface area contributed by atoms with Crippen molar-refractivity contribution < 1.29 is 22.7 Å². The maximum atomic E-state index is 14.6. The largest absolute Gasteiger partial charge is 0.497 e. The van der Waals surface area contributed by atoms with E-state index < -0.39 is 28.5 Å². The zero-order valence-electron chi connectivity index (χ0n) is 26.5. The fraction of sp³-hybridized carbons (Fsp3) is 0.278. The third kappa shape index (κ3) is 8.68. The first kappa shape index (κ1) is 34.5. The fourth-order valence-electron chi connectivity index (χ4n) is 5.05. The van der Waals surface area contributed by atoms with Gasteiger partial charge in [0.15, 0.2) is 0 Å². The summed E-state index contributed by atoms with van der Waals surface area (Å²) in [6, 6.07) is 28.5. The molecule has 4 rings (SSSR count). The van der Waals surface area contributed by atoms with E-state index in [1.807, 2.05) is 56.3 Å². The van der Waals surface area contributed by atoms with E-state index >= 15 is 0 Å². The molecule has 0 aliphatic heterocycles. The number of para-hydroxylation sites is 1. The van der Waals surface area contributed by atoms with Crippen LogP contribution in [0.1, 0.15) is 37.0 Å². The summed E-state index contributed by atoms with van der Waals surface area (Å²) >= 11 is 6.07. The van der Waals surface area contributed by atoms with Crippen LogP contribution in [0.15, 0.2) is 108 Å². The van der Waals surface area contributed by atoms with E-state index in [0.717, 1.165) is 15.4 Å². The number of carbonyl (C=O) groups is 2. The molecule has 0 saturated heterocycles. The highest BCUT2D eigenvalue weighted by atomic mass is 35.5. The number of hydrogen-bond donors (Lipinski definition) is 1. The standard InChI is InChI=1S/C36H40ClN3O5S/c1-5-27(3)38-36(42)34(23-28-13-7-6-8-14-28)39(24-29-15-11-16-31(22-29)45-4)35(41)25-40(33-17-10-9-12-26(33)2)46(43,44)32-20-18-30(37)19-21-32/h6-22,27,34H,5,23-25H2,1-4H3,(H,38,42)/t27-,34+/m0/s1. The van der Waals surface area contributed by atoms with Crippen LogP contribution in [0.2, 0.25) is 5.02 Å². The zero-order chi connectivity index (χ0) is 33.3. The van der Waals surface area contributed by atoms with Gasteiger partial charge in [0.2, 0.25) is 11.8 Å². The molecule has 0 unspecified atom stereocenters. The molecule has 0 aliphatic rings. The molecule has 4 aromatic rings. The van der Waals surface area contributed by atoms with Crippen molar-refractivity contribution in [2.45, 2.75) is 57.1 Å². The normalized spacial score (nSPS) is 12.5. The first-order chi connectivity index (χ1) is 22.0. The van der Waals surface area contributed by atoms with E-state index in [1.165, 1.54) is 29.2 Å². The van der Waals surface area contributed by atoms with Crippen molar-refractivity contribution >= 4 is 39.1 Å². The Morgan fingerprint density at radius 2 is 1.54 bits per heavy atom. The monoisotopic (exact) mass is 661 g/mol. The van der Waals surface area contributed by atoms with Crippen LogP contribution in [0, 0.1) is 6.92 Å². The minimum Gasteiger partial charge on any atom is -0.497 e. The van der Waals surface area contributed by atoms with Gasteiger partial charge in [-0.2, -0.15) is 0 Å². The van der Waals surface area contributed by atoms with E-state index in [0.29, 0.717) is 28.4 Å². The number of benzene rings is 4. The lowest BCUT2D eigenvalue weighted by Crippen LogP contribution is -2.54. The summed E-state index contributed by atoms with van der Waals surface area (Å²) in [5.74, 6) is -0.262. The second-order valence-corrected chi connectivity index (χ2v) is 13.4. The molecule has 242 valence electrons. The highest BCUT2D eigenvalue weighted by Crippen LogP contribution is 2.28. The first-order valence-corrected chi connectivity index (χ1v) is 17.0. The van der Waals surface area contributed by atoms with E-state index in [2.05, 4.69) is 5.32 Å². The van der Waals surface area contributed by atoms with Gasteiger partial charge in [-0.3, -0.25) is 13.9 Å². The minimum atomic E-state index is -4.23. The summed E-state index contributed by atoms with van der Waals surface area (Å²) in [5, 5.41) is 3.43. The number of anilines is 1. The topological polar surface area (TPSA) is 96.0 Å². The quantitative estimate of drug-likeness (QED) is 0.169. The Kier molecular flexibility index (Phi) is 11.8. The van der Waals surface area contributed by atoms with Crippen LogP contribution in [-0.4, -0.2) is 50.9 Å². The van der Waals surface area contributed by atoms with Crippen molar-refractivity contribution in [3.63, 3.8) is 0 Å². The molecule has 0 saturated carbocycles. The van der Waals surface area contributed by atoms with Gasteiger partial charge in [-0.1, -0.05) is 79.2 Å². The number of amides is 2. The Morgan fingerprint density at radius 3 is 2.20 bits per heavy atom. The molecular formula is C36H40ClN3O5S. The number of rotatable bonds is 14. The molecule has 46 heavy (non-hydrogen) atoms. The maximum Gasteiger partial charge on any atom is 0.264 e. The third-order valence-corrected chi connectivity index (χ3v) is 9.85. The molecule has 0 spiro atoms. The summed E-state index contributed by atoms with van der Waals surface area (Å²) in [4.78, 5) is 30.0. The first-order valence-electron chi connectivity index (χ1n) is 15.1. The Morgan fingerprint density at radius 1 is 0.891 bits per heavy atom. The highest BCUT2D eigenvalue weighted by Gasteiger charge is 2.35. The molecule has 8 nitrogen and oxygen atoms in total. The third-order valence-electron chi connectivity index (χ3n) is 7.82. The predicted molar refractivity (Wildman–Crippen MR) is 183 cm³/mol. The average Bonchev–Trinajstić information content (AvgIpc) is 3.06. The second-order valence-electron chi connectivity index (χ2n) is 11.1. The van der Waals surface area contributed by atoms with E-state index in [1.54, 1.807) is 50.4 Å². The number of sulfonamides is 1. The summed E-state index contributed by atoms with van der Waals surface area (Å²) < 4.78 is 34.9. The molecule has 0 bridgehead atoms. The number of aryl methyl sites for hydroxylation is 1. The van der Waals surface area contributed by atoms with Gasteiger partial charge in [0.25, 0.3) is 10.0 Å². The molecule has 0 heterocycles. The Balaban J connectivity index is 1.83. The van der Waals surface area contributed by atoms with Gasteiger partial charge >= 0.3 is 0 Å². The molecule has 0 aromatic heterocycles. The number of halogens is 1. The van der Waals surface area contributed by atoms with Gasteiger partial charge in [-0.25, -0.2) is 8.42 Å². The van der Waals surface area contributed by atoms with Gasteiger partial charge < -0.3 is 15.0 Å². The number of hydrogen-bond acceptors (Lipinski definition) is 5. The molecule has 2 amide bonds. The molecule has 2 atom stereocenters. The van der Waals surface area contributed by atoms with E-state index in [-0.39, 0.29) is 29.8 Å². The summed E-state index contributed by atoms with van der Waals surface area (Å²) in [6.45, 7) is 5.17. The number of methoxy groups -OCH3 is 1. The number of ether oxygens (including phenoxy) is 1. The molecule has 10 heteroatoms. The van der Waals surface area contributed by atoms with Crippen LogP contribution < -0.4 is 14.4 Å². The average molecular weight is 662 g/mol. The lowest BCUT2D eigenvalue weighted by Gasteiger charge is -2.34. The van der Waals surface area contributed by atoms with Crippen LogP contribution in [0.3, 0.4) is 0 Å². The van der Waals surface area contributed by atoms with Crippen LogP contribution in [0.4, 0.5) is 5.69 Å². The summed E-state index contributed by atoms with van der Waals surface area (Å²) in [7, 11) is -2.67. The SMILES string of the molecule is CC[C@H](C)NC(=O)[C@@H](Cc1ccccc1)N(Cc1cccc(OC)c1)C(=O)CN(c1ccccc1C)S(=O)(=O)c1ccc(Cl)cc1. The Bertz CT molecular complexity index is 1730. The van der Waals surface area contributed by atoms with E-state index in [9.17, 15) is 18.0 Å². The zero-order valence-corrected chi connectivity index (χ0v) is 28.1. The van der Waals surface area contributed by atoms with Crippen LogP contribution in [0.5, 0.6) is 5.75 Å². The lowest BCUT2D eigenvalue weighted by atomic mass is 10.0. The molecule has 0 fully saturated rings. The molecule has 1 N–H and O–H groups in total. The van der Waals surface area contributed by atoms with Gasteiger partial charge in [0.1, 0.15) is 18.3 Å². The summed E-state index contributed by atoms with van der Waals surface area (Å²) in [5.41, 5.74) is 2.61. The molecule has 0 radical (unpaired) electrons. The van der Waals surface area contributed by atoms with Crippen molar-refractivity contribution in [2.24, 2.45) is 0 Å². The molecular weight excluding hydrogens is 622 g/mol. The van der Waals surface area contributed by atoms with Crippen molar-refractivity contribution in [3.8, 4) is 5.75 Å². The predicted octanol–water partition coefficient (Wildman–Crippen LogP) is 6.41. The highest BCUT2D eigenvalue weighted by molar-refractivity contribution is 7.92. The van der Waals surface area contributed by atoms with Gasteiger partial charge in [0.05, 0.1) is 17.7 Å². The van der Waals surface area contributed by atoms with Crippen molar-refractivity contribution in [2.75, 3.05) is 18.0 Å². The van der Waals surface area contributed by atoms with Crippen LogP contribution >= 0.6 is 11.6 Å². The van der Waals surface area contributed by atoms with Crippen molar-refractivity contribution in [1.82, 2.24) is 10.2 Å². The maximum absolute atomic E-state index is 14.6. The minimum absolute atomic E-state index is 0.0114. The Labute approximate surface area is 277 Å². The van der Waals surface area contributed by atoms with Crippen LogP contribution in [-0.2, 0) is 32.6 Å². The van der Waals surface area contributed by atoms with Gasteiger partial charge in [-0.05, 0) is 79.4 Å². The van der Waals surface area contributed by atoms with E-state index in [4.69, 9.17) is 16.3 Å². The number of nitrogens with zero attached hydrogens (tertiary/aromatic N) is 2. The summed E-state index contributed by atoms with van der Waals surface area (Å²) in [6.07, 6.45) is 0.932. The van der Waals surface area contributed by atoms with Gasteiger partial charge in [0, 0.05) is 24.0 Å². The lowest BCUT2D eigenvalue weighted by molar-refractivity contribution is -0.140. The number of carbonyl (C=O) groups excluding carboxylic acids is 2. The smallest absolute Gasteiger partial charge is 0.264 e. The number of nitrogens with one attached hydrogen (secondary N) is 1. The fourth-order valence-corrected chi connectivity index (χ4v) is 6.66. The van der Waals surface area contributed by atoms with Crippen LogP contribution in [0.25, 0.3) is 0 Å².